The van der Waals surface area contributed by atoms with Crippen LogP contribution in [0.1, 0.15) is 12.2 Å². The molecule has 96 valence electrons. The van der Waals surface area contributed by atoms with E-state index in [0.717, 1.165) is 41.5 Å². The Morgan fingerprint density at radius 2 is 1.78 bits per heavy atom. The molecule has 0 unspecified atom stereocenters. The van der Waals surface area contributed by atoms with Gasteiger partial charge in [-0.25, -0.2) is 0 Å². The van der Waals surface area contributed by atoms with Crippen LogP contribution in [0.4, 0.5) is 0 Å². The lowest BCUT2D eigenvalue weighted by atomic mass is 10.2. The first kappa shape index (κ1) is 13.2. The number of halogens is 1. The molecule has 0 aliphatic rings. The summed E-state index contributed by atoms with van der Waals surface area (Å²) in [4.78, 5) is 2.18. The summed E-state index contributed by atoms with van der Waals surface area (Å²) in [5, 5.41) is 0.747. The topological polar surface area (TPSA) is 16.4 Å². The van der Waals surface area contributed by atoms with Gasteiger partial charge in [0.2, 0.25) is 0 Å². The van der Waals surface area contributed by atoms with Gasteiger partial charge in [0.25, 0.3) is 0 Å². The molecule has 2 nitrogen and oxygen atoms in total. The maximum atomic E-state index is 5.87. The van der Waals surface area contributed by atoms with Crippen LogP contribution in [-0.4, -0.2) is 25.5 Å². The van der Waals surface area contributed by atoms with Crippen molar-refractivity contribution in [1.82, 2.24) is 4.90 Å². The van der Waals surface area contributed by atoms with E-state index in [1.807, 2.05) is 30.3 Å². The van der Waals surface area contributed by atoms with Gasteiger partial charge in [-0.1, -0.05) is 11.6 Å². The van der Waals surface area contributed by atoms with Crippen LogP contribution < -0.4 is 0 Å². The molecule has 0 N–H and O–H groups in total. The zero-order chi connectivity index (χ0) is 13.0. The molecule has 1 heterocycles. The Morgan fingerprint density at radius 1 is 1.06 bits per heavy atom. The number of rotatable bonds is 5. The fraction of sp³-hybridized carbons (Fsp3) is 0.333. The molecule has 1 aromatic heterocycles. The molecule has 3 heteroatoms. The van der Waals surface area contributed by atoms with Crippen molar-refractivity contribution >= 4 is 11.6 Å². The predicted octanol–water partition coefficient (Wildman–Crippen LogP) is 4.09. The van der Waals surface area contributed by atoms with Gasteiger partial charge in [-0.2, -0.15) is 0 Å². The highest BCUT2D eigenvalue weighted by Crippen LogP contribution is 2.24. The first-order valence-corrected chi connectivity index (χ1v) is 6.52. The van der Waals surface area contributed by atoms with Gasteiger partial charge in [0.15, 0.2) is 0 Å². The van der Waals surface area contributed by atoms with Crippen LogP contribution in [0.25, 0.3) is 11.3 Å². The molecule has 2 aromatic rings. The van der Waals surface area contributed by atoms with E-state index in [0.29, 0.717) is 0 Å². The summed E-state index contributed by atoms with van der Waals surface area (Å²) < 4.78 is 5.83. The number of benzene rings is 1. The minimum Gasteiger partial charge on any atom is -0.461 e. The third-order valence-corrected chi connectivity index (χ3v) is 3.07. The van der Waals surface area contributed by atoms with Gasteiger partial charge in [-0.05, 0) is 63.5 Å². The van der Waals surface area contributed by atoms with E-state index >= 15 is 0 Å². The van der Waals surface area contributed by atoms with Crippen LogP contribution in [0.15, 0.2) is 40.8 Å². The molecule has 0 amide bonds. The van der Waals surface area contributed by atoms with E-state index in [9.17, 15) is 0 Å². The molecule has 18 heavy (non-hydrogen) atoms. The zero-order valence-electron chi connectivity index (χ0n) is 10.8. The Morgan fingerprint density at radius 3 is 2.44 bits per heavy atom. The van der Waals surface area contributed by atoms with Gasteiger partial charge >= 0.3 is 0 Å². The minimum absolute atomic E-state index is 0.747. The summed E-state index contributed by atoms with van der Waals surface area (Å²) in [5.41, 5.74) is 1.07. The summed E-state index contributed by atoms with van der Waals surface area (Å²) in [6, 6.07) is 11.8. The Bertz CT molecular complexity index is 487. The molecule has 0 saturated heterocycles. The van der Waals surface area contributed by atoms with E-state index in [1.54, 1.807) is 0 Å². The molecule has 0 atom stereocenters. The van der Waals surface area contributed by atoms with Gasteiger partial charge < -0.3 is 9.32 Å². The van der Waals surface area contributed by atoms with Crippen molar-refractivity contribution in [2.45, 2.75) is 12.8 Å². The molecular weight excluding hydrogens is 246 g/mol. The molecule has 0 spiro atoms. The van der Waals surface area contributed by atoms with Crippen LogP contribution in [0.5, 0.6) is 0 Å². The largest absolute Gasteiger partial charge is 0.461 e. The van der Waals surface area contributed by atoms with Crippen LogP contribution in [0.3, 0.4) is 0 Å². The van der Waals surface area contributed by atoms with E-state index in [4.69, 9.17) is 16.0 Å². The quantitative estimate of drug-likeness (QED) is 0.808. The van der Waals surface area contributed by atoms with E-state index in [-0.39, 0.29) is 0 Å². The number of hydrogen-bond donors (Lipinski definition) is 0. The second-order valence-electron chi connectivity index (χ2n) is 4.68. The zero-order valence-corrected chi connectivity index (χ0v) is 11.6. The highest BCUT2D eigenvalue weighted by atomic mass is 35.5. The predicted molar refractivity (Wildman–Crippen MR) is 76.0 cm³/mol. The number of hydrogen-bond acceptors (Lipinski definition) is 2. The van der Waals surface area contributed by atoms with Crippen molar-refractivity contribution in [3.8, 4) is 11.3 Å². The van der Waals surface area contributed by atoms with Gasteiger partial charge in [-0.15, -0.1) is 0 Å². The fourth-order valence-corrected chi connectivity index (χ4v) is 1.98. The lowest BCUT2D eigenvalue weighted by Gasteiger charge is -2.07. The highest BCUT2D eigenvalue weighted by Gasteiger charge is 2.04. The normalized spacial score (nSPS) is 11.1. The Labute approximate surface area is 113 Å². The van der Waals surface area contributed by atoms with E-state index < -0.39 is 0 Å². The van der Waals surface area contributed by atoms with Crippen molar-refractivity contribution in [3.63, 3.8) is 0 Å². The van der Waals surface area contributed by atoms with E-state index in [1.165, 1.54) is 0 Å². The molecule has 0 radical (unpaired) electrons. The summed E-state index contributed by atoms with van der Waals surface area (Å²) in [6.07, 6.45) is 2.09. The molecule has 0 fully saturated rings. The second-order valence-corrected chi connectivity index (χ2v) is 5.12. The Balaban J connectivity index is 1.99. The van der Waals surface area contributed by atoms with Crippen LogP contribution in [-0.2, 0) is 6.42 Å². The highest BCUT2D eigenvalue weighted by molar-refractivity contribution is 6.30. The van der Waals surface area contributed by atoms with Crippen molar-refractivity contribution in [2.24, 2.45) is 0 Å². The summed E-state index contributed by atoms with van der Waals surface area (Å²) in [6.45, 7) is 1.08. The van der Waals surface area contributed by atoms with Gasteiger partial charge in [-0.3, -0.25) is 0 Å². The lowest BCUT2D eigenvalue weighted by molar-refractivity contribution is 0.390. The van der Waals surface area contributed by atoms with Crippen LogP contribution in [0, 0.1) is 0 Å². The van der Waals surface area contributed by atoms with Crippen molar-refractivity contribution in [3.05, 3.63) is 47.2 Å². The van der Waals surface area contributed by atoms with Crippen LogP contribution >= 0.6 is 11.6 Å². The fourth-order valence-electron chi connectivity index (χ4n) is 1.85. The lowest BCUT2D eigenvalue weighted by Crippen LogP contribution is -2.13. The smallest absolute Gasteiger partial charge is 0.134 e. The number of aryl methyl sites for hydroxylation is 1. The molecule has 0 aliphatic carbocycles. The SMILES string of the molecule is CN(C)CCCc1ccc(-c2ccc(Cl)cc2)o1. The van der Waals surface area contributed by atoms with Crippen molar-refractivity contribution < 1.29 is 4.42 Å². The maximum Gasteiger partial charge on any atom is 0.134 e. The summed E-state index contributed by atoms with van der Waals surface area (Å²) >= 11 is 5.87. The van der Waals surface area contributed by atoms with Crippen LogP contribution in [0.2, 0.25) is 5.02 Å². The third-order valence-electron chi connectivity index (χ3n) is 2.82. The molecular formula is C15H18ClNO. The molecule has 2 rings (SSSR count). The minimum atomic E-state index is 0.747. The standard InChI is InChI=1S/C15H18ClNO/c1-17(2)11-3-4-14-9-10-15(18-14)12-5-7-13(16)8-6-12/h5-10H,3-4,11H2,1-2H3. The second kappa shape index (κ2) is 6.07. The maximum absolute atomic E-state index is 5.87. The third kappa shape index (κ3) is 3.62. The molecule has 0 bridgehead atoms. The Hall–Kier alpha value is -1.25. The summed E-state index contributed by atoms with van der Waals surface area (Å²) in [5.74, 6) is 1.95. The monoisotopic (exact) mass is 263 g/mol. The first-order valence-electron chi connectivity index (χ1n) is 6.14. The first-order chi connectivity index (χ1) is 8.65. The van der Waals surface area contributed by atoms with E-state index in [2.05, 4.69) is 25.1 Å². The van der Waals surface area contributed by atoms with Gasteiger partial charge in [0, 0.05) is 17.0 Å². The molecule has 1 aromatic carbocycles. The van der Waals surface area contributed by atoms with Crippen molar-refractivity contribution in [2.75, 3.05) is 20.6 Å². The number of furan rings is 1. The molecule has 0 aliphatic heterocycles. The van der Waals surface area contributed by atoms with Gasteiger partial charge in [0.05, 0.1) is 0 Å². The average molecular weight is 264 g/mol. The van der Waals surface area contributed by atoms with Crippen molar-refractivity contribution in [1.29, 1.82) is 0 Å². The van der Waals surface area contributed by atoms with Gasteiger partial charge in [0.1, 0.15) is 11.5 Å². The average Bonchev–Trinajstić information content (AvgIpc) is 2.78. The summed E-state index contributed by atoms with van der Waals surface area (Å²) in [7, 11) is 4.17. The Kier molecular flexibility index (Phi) is 4.45. The number of nitrogens with zero attached hydrogens (tertiary/aromatic N) is 1. The molecule has 0 saturated carbocycles.